The zero-order valence-electron chi connectivity index (χ0n) is 19.2. The van der Waals surface area contributed by atoms with Gasteiger partial charge in [0.1, 0.15) is 17.9 Å². The van der Waals surface area contributed by atoms with Crippen LogP contribution in [0.15, 0.2) is 78.9 Å². The first-order valence-corrected chi connectivity index (χ1v) is 11.5. The second kappa shape index (κ2) is 10.3. The third kappa shape index (κ3) is 5.43. The molecule has 3 aromatic rings. The number of nitrogens with one attached hydrogen (secondary N) is 1. The van der Waals surface area contributed by atoms with Gasteiger partial charge in [-0.1, -0.05) is 60.7 Å². The van der Waals surface area contributed by atoms with Gasteiger partial charge in [-0.25, -0.2) is 0 Å². The maximum atomic E-state index is 13.4. The molecule has 33 heavy (non-hydrogen) atoms. The van der Waals surface area contributed by atoms with Gasteiger partial charge in [-0.15, -0.1) is 0 Å². The Bertz CT molecular complexity index is 1100. The molecule has 5 nitrogen and oxygen atoms in total. The van der Waals surface area contributed by atoms with E-state index in [1.54, 1.807) is 4.90 Å². The average molecular weight is 443 g/mol. The standard InChI is InChI=1S/C28H30N2O3/c1-20-19-24(33-21(2)22-11-5-3-6-12-22)16-17-25(20)29-28(32)27(23-13-7-4-8-14-23)30-18-10-9-15-26(30)31/h3-8,11-14,16-17,19,21,27H,9-10,15,18H2,1-2H3,(H,29,32). The molecular weight excluding hydrogens is 412 g/mol. The molecule has 0 spiro atoms. The van der Waals surface area contributed by atoms with Crippen molar-refractivity contribution in [1.29, 1.82) is 0 Å². The molecule has 0 bridgehead atoms. The zero-order chi connectivity index (χ0) is 23.2. The van der Waals surface area contributed by atoms with Crippen LogP contribution >= 0.6 is 0 Å². The SMILES string of the molecule is Cc1cc(OC(C)c2ccccc2)ccc1NC(=O)C(c1ccccc1)N1CCCCC1=O. The van der Waals surface area contributed by atoms with Crippen LogP contribution in [0.5, 0.6) is 5.75 Å². The smallest absolute Gasteiger partial charge is 0.251 e. The number of benzene rings is 3. The number of likely N-dealkylation sites (tertiary alicyclic amines) is 1. The lowest BCUT2D eigenvalue weighted by Crippen LogP contribution is -2.43. The van der Waals surface area contributed by atoms with Crippen molar-refractivity contribution < 1.29 is 14.3 Å². The van der Waals surface area contributed by atoms with Crippen molar-refractivity contribution in [3.63, 3.8) is 0 Å². The maximum absolute atomic E-state index is 13.4. The maximum Gasteiger partial charge on any atom is 0.251 e. The summed E-state index contributed by atoms with van der Waals surface area (Å²) in [5.41, 5.74) is 3.53. The van der Waals surface area contributed by atoms with Crippen molar-refractivity contribution in [1.82, 2.24) is 4.90 Å². The van der Waals surface area contributed by atoms with Crippen molar-refractivity contribution in [2.24, 2.45) is 0 Å². The van der Waals surface area contributed by atoms with Gasteiger partial charge in [-0.2, -0.15) is 0 Å². The third-order valence-electron chi connectivity index (χ3n) is 6.07. The van der Waals surface area contributed by atoms with Gasteiger partial charge in [0.15, 0.2) is 0 Å². The first-order chi connectivity index (χ1) is 16.0. The summed E-state index contributed by atoms with van der Waals surface area (Å²) in [4.78, 5) is 27.8. The topological polar surface area (TPSA) is 58.6 Å². The first-order valence-electron chi connectivity index (χ1n) is 11.5. The lowest BCUT2D eigenvalue weighted by Gasteiger charge is -2.34. The summed E-state index contributed by atoms with van der Waals surface area (Å²) in [5.74, 6) is 0.569. The van der Waals surface area contributed by atoms with Crippen molar-refractivity contribution >= 4 is 17.5 Å². The van der Waals surface area contributed by atoms with Gasteiger partial charge in [-0.3, -0.25) is 9.59 Å². The summed E-state index contributed by atoms with van der Waals surface area (Å²) in [6.45, 7) is 4.55. The van der Waals surface area contributed by atoms with Crippen LogP contribution in [-0.4, -0.2) is 23.3 Å². The Morgan fingerprint density at radius 3 is 2.24 bits per heavy atom. The van der Waals surface area contributed by atoms with Crippen LogP contribution in [0.3, 0.4) is 0 Å². The Morgan fingerprint density at radius 2 is 1.61 bits per heavy atom. The minimum absolute atomic E-state index is 0.0284. The Morgan fingerprint density at radius 1 is 0.939 bits per heavy atom. The van der Waals surface area contributed by atoms with Gasteiger partial charge < -0.3 is 15.0 Å². The van der Waals surface area contributed by atoms with E-state index in [-0.39, 0.29) is 17.9 Å². The third-order valence-corrected chi connectivity index (χ3v) is 6.07. The van der Waals surface area contributed by atoms with E-state index in [1.165, 1.54) is 0 Å². The highest BCUT2D eigenvalue weighted by atomic mass is 16.5. The van der Waals surface area contributed by atoms with Crippen LogP contribution in [0.1, 0.15) is 55.0 Å². The van der Waals surface area contributed by atoms with Gasteiger partial charge in [0.25, 0.3) is 5.91 Å². The van der Waals surface area contributed by atoms with Crippen LogP contribution in [-0.2, 0) is 9.59 Å². The minimum atomic E-state index is -0.646. The second-order valence-corrected chi connectivity index (χ2v) is 8.49. The zero-order valence-corrected chi connectivity index (χ0v) is 19.2. The highest BCUT2D eigenvalue weighted by Gasteiger charge is 2.32. The number of piperidine rings is 1. The summed E-state index contributed by atoms with van der Waals surface area (Å²) in [5, 5.41) is 3.05. The number of hydrogen-bond donors (Lipinski definition) is 1. The first kappa shape index (κ1) is 22.6. The molecule has 1 aliphatic rings. The summed E-state index contributed by atoms with van der Waals surface area (Å²) in [6, 6.07) is 24.6. The molecule has 0 aromatic heterocycles. The Kier molecular flexibility index (Phi) is 7.08. The second-order valence-electron chi connectivity index (χ2n) is 8.49. The van der Waals surface area contributed by atoms with Crippen molar-refractivity contribution in [2.75, 3.05) is 11.9 Å². The number of hydrogen-bond acceptors (Lipinski definition) is 3. The van der Waals surface area contributed by atoms with Gasteiger partial charge in [-0.05, 0) is 61.6 Å². The highest BCUT2D eigenvalue weighted by Crippen LogP contribution is 2.30. The molecule has 0 saturated carbocycles. The van der Waals surface area contributed by atoms with E-state index in [4.69, 9.17) is 4.74 Å². The van der Waals surface area contributed by atoms with E-state index >= 15 is 0 Å². The van der Waals surface area contributed by atoms with Crippen LogP contribution in [0.4, 0.5) is 5.69 Å². The molecule has 1 aliphatic heterocycles. The van der Waals surface area contributed by atoms with Gasteiger partial charge in [0, 0.05) is 18.7 Å². The molecule has 1 fully saturated rings. The fourth-order valence-corrected chi connectivity index (χ4v) is 4.25. The van der Waals surface area contributed by atoms with Crippen LogP contribution in [0.2, 0.25) is 0 Å². The number of rotatable bonds is 7. The van der Waals surface area contributed by atoms with Crippen molar-refractivity contribution in [3.05, 3.63) is 95.6 Å². The number of aryl methyl sites for hydroxylation is 1. The lowest BCUT2D eigenvalue weighted by molar-refractivity contribution is -0.141. The summed E-state index contributed by atoms with van der Waals surface area (Å²) < 4.78 is 6.10. The highest BCUT2D eigenvalue weighted by molar-refractivity contribution is 5.98. The molecule has 4 rings (SSSR count). The molecule has 1 saturated heterocycles. The van der Waals surface area contributed by atoms with Crippen LogP contribution < -0.4 is 10.1 Å². The molecule has 5 heteroatoms. The molecule has 3 aromatic carbocycles. The van der Waals surface area contributed by atoms with Gasteiger partial charge >= 0.3 is 0 Å². The Balaban J connectivity index is 1.51. The quantitative estimate of drug-likeness (QED) is 0.501. The summed E-state index contributed by atoms with van der Waals surface area (Å²) >= 11 is 0. The van der Waals surface area contributed by atoms with E-state index < -0.39 is 6.04 Å². The fourth-order valence-electron chi connectivity index (χ4n) is 4.25. The fraction of sp³-hybridized carbons (Fsp3) is 0.286. The minimum Gasteiger partial charge on any atom is -0.486 e. The van der Waals surface area contributed by atoms with E-state index in [0.29, 0.717) is 18.7 Å². The van der Waals surface area contributed by atoms with E-state index in [2.05, 4.69) is 5.32 Å². The number of amides is 2. The Hall–Kier alpha value is -3.60. The molecule has 1 heterocycles. The van der Waals surface area contributed by atoms with E-state index in [0.717, 1.165) is 35.3 Å². The van der Waals surface area contributed by atoms with E-state index in [1.807, 2.05) is 92.7 Å². The monoisotopic (exact) mass is 442 g/mol. The lowest BCUT2D eigenvalue weighted by atomic mass is 10.00. The van der Waals surface area contributed by atoms with Crippen LogP contribution in [0, 0.1) is 6.92 Å². The van der Waals surface area contributed by atoms with Gasteiger partial charge in [0.2, 0.25) is 5.91 Å². The average Bonchev–Trinajstić information content (AvgIpc) is 2.83. The number of carbonyl (C=O) groups excluding carboxylic acids is 2. The van der Waals surface area contributed by atoms with Gasteiger partial charge in [0.05, 0.1) is 0 Å². The molecule has 170 valence electrons. The summed E-state index contributed by atoms with van der Waals surface area (Å²) in [6.07, 6.45) is 2.19. The molecule has 0 radical (unpaired) electrons. The number of nitrogens with zero attached hydrogens (tertiary/aromatic N) is 1. The molecule has 2 atom stereocenters. The van der Waals surface area contributed by atoms with E-state index in [9.17, 15) is 9.59 Å². The summed E-state index contributed by atoms with van der Waals surface area (Å²) in [7, 11) is 0. The Labute approximate surface area is 195 Å². The predicted octanol–water partition coefficient (Wildman–Crippen LogP) is 5.83. The molecule has 2 unspecified atom stereocenters. The van der Waals surface area contributed by atoms with Crippen LogP contribution in [0.25, 0.3) is 0 Å². The molecule has 2 amide bonds. The predicted molar refractivity (Wildman–Crippen MR) is 130 cm³/mol. The normalized spacial score (nSPS) is 15.6. The number of anilines is 1. The molecule has 0 aliphatic carbocycles. The van der Waals surface area contributed by atoms with Crippen molar-refractivity contribution in [3.8, 4) is 5.75 Å². The number of carbonyl (C=O) groups is 2. The molecular formula is C28H30N2O3. The largest absolute Gasteiger partial charge is 0.486 e. The number of ether oxygens (including phenoxy) is 1. The molecule has 1 N–H and O–H groups in total. The van der Waals surface area contributed by atoms with Crippen molar-refractivity contribution in [2.45, 2.75) is 45.3 Å².